The topological polar surface area (TPSA) is 72.3 Å². The number of aromatic nitrogens is 3. The summed E-state index contributed by atoms with van der Waals surface area (Å²) in [5.74, 6) is -0.0492. The van der Waals surface area contributed by atoms with E-state index in [4.69, 9.17) is 4.74 Å². The Morgan fingerprint density at radius 1 is 1.23 bits per heavy atom. The molecule has 3 heterocycles. The molecule has 1 amide bonds. The Balaban J connectivity index is 1.49. The number of carbonyl (C=O) groups is 1. The van der Waals surface area contributed by atoms with Gasteiger partial charge in [0.2, 0.25) is 0 Å². The van der Waals surface area contributed by atoms with E-state index in [9.17, 15) is 4.79 Å². The molecule has 1 atom stereocenters. The molecule has 2 aromatic rings. The average molecular weight is 355 g/mol. The highest BCUT2D eigenvalue weighted by Crippen LogP contribution is 2.25. The fraction of sp³-hybridized carbons (Fsp3) is 0.526. The SMILES string of the molecule is Cc1c(C(=O)N2CCOC(c3ccccc3)C2)nnn1C1CCNCC1. The summed E-state index contributed by atoms with van der Waals surface area (Å²) >= 11 is 0. The first-order valence-electron chi connectivity index (χ1n) is 9.32. The molecule has 1 N–H and O–H groups in total. The third kappa shape index (κ3) is 3.37. The maximum Gasteiger partial charge on any atom is 0.276 e. The van der Waals surface area contributed by atoms with Crippen molar-refractivity contribution in [2.24, 2.45) is 0 Å². The number of ether oxygens (including phenoxy) is 1. The van der Waals surface area contributed by atoms with Crippen LogP contribution in [0, 0.1) is 6.92 Å². The number of nitrogens with one attached hydrogen (secondary N) is 1. The quantitative estimate of drug-likeness (QED) is 0.908. The molecule has 1 unspecified atom stereocenters. The van der Waals surface area contributed by atoms with Crippen LogP contribution in [0.25, 0.3) is 0 Å². The molecule has 1 aromatic carbocycles. The van der Waals surface area contributed by atoms with Gasteiger partial charge in [-0.3, -0.25) is 4.79 Å². The van der Waals surface area contributed by atoms with Gasteiger partial charge in [-0.25, -0.2) is 4.68 Å². The van der Waals surface area contributed by atoms with Crippen LogP contribution in [0.3, 0.4) is 0 Å². The van der Waals surface area contributed by atoms with Crippen molar-refractivity contribution in [2.75, 3.05) is 32.8 Å². The zero-order chi connectivity index (χ0) is 17.9. The highest BCUT2D eigenvalue weighted by molar-refractivity contribution is 5.93. The van der Waals surface area contributed by atoms with Crippen LogP contribution in [-0.2, 0) is 4.74 Å². The fourth-order valence-electron chi connectivity index (χ4n) is 3.79. The molecule has 2 saturated heterocycles. The van der Waals surface area contributed by atoms with Crippen LogP contribution in [-0.4, -0.2) is 58.6 Å². The minimum atomic E-state index is -0.0892. The Morgan fingerprint density at radius 2 is 2.00 bits per heavy atom. The molecule has 7 nitrogen and oxygen atoms in total. The van der Waals surface area contributed by atoms with Crippen molar-refractivity contribution < 1.29 is 9.53 Å². The summed E-state index contributed by atoms with van der Waals surface area (Å²) in [7, 11) is 0. The predicted molar refractivity (Wildman–Crippen MR) is 96.9 cm³/mol. The number of nitrogens with zero attached hydrogens (tertiary/aromatic N) is 4. The van der Waals surface area contributed by atoms with Crippen molar-refractivity contribution in [3.8, 4) is 0 Å². The number of rotatable bonds is 3. The number of hydrogen-bond acceptors (Lipinski definition) is 5. The Kier molecular flexibility index (Phi) is 4.99. The summed E-state index contributed by atoms with van der Waals surface area (Å²) in [5, 5.41) is 11.9. The van der Waals surface area contributed by atoms with Crippen LogP contribution in [0.2, 0.25) is 0 Å². The molecule has 2 aliphatic heterocycles. The van der Waals surface area contributed by atoms with E-state index in [0.717, 1.165) is 37.2 Å². The van der Waals surface area contributed by atoms with E-state index < -0.39 is 0 Å². The van der Waals surface area contributed by atoms with Crippen LogP contribution in [0.5, 0.6) is 0 Å². The van der Waals surface area contributed by atoms with Crippen LogP contribution in [0.4, 0.5) is 0 Å². The van der Waals surface area contributed by atoms with Crippen LogP contribution >= 0.6 is 0 Å². The number of piperidine rings is 1. The maximum absolute atomic E-state index is 13.0. The molecule has 2 aliphatic rings. The lowest BCUT2D eigenvalue weighted by atomic mass is 10.1. The fourth-order valence-corrected chi connectivity index (χ4v) is 3.79. The molecule has 138 valence electrons. The van der Waals surface area contributed by atoms with Gasteiger partial charge < -0.3 is 15.0 Å². The summed E-state index contributed by atoms with van der Waals surface area (Å²) < 4.78 is 7.80. The molecule has 1 aromatic heterocycles. The molecule has 26 heavy (non-hydrogen) atoms. The molecular weight excluding hydrogens is 330 g/mol. The van der Waals surface area contributed by atoms with Gasteiger partial charge >= 0.3 is 0 Å². The number of hydrogen-bond donors (Lipinski definition) is 1. The first kappa shape index (κ1) is 17.2. The zero-order valence-corrected chi connectivity index (χ0v) is 15.1. The van der Waals surface area contributed by atoms with Gasteiger partial charge in [-0.2, -0.15) is 0 Å². The van der Waals surface area contributed by atoms with Crippen LogP contribution in [0.15, 0.2) is 30.3 Å². The Labute approximate surface area is 153 Å². The second-order valence-corrected chi connectivity index (χ2v) is 6.97. The number of morpholine rings is 1. The Hall–Kier alpha value is -2.25. The largest absolute Gasteiger partial charge is 0.370 e. The van der Waals surface area contributed by atoms with Gasteiger partial charge in [0.1, 0.15) is 6.10 Å². The second-order valence-electron chi connectivity index (χ2n) is 6.97. The molecular formula is C19H25N5O2. The molecule has 2 fully saturated rings. The van der Waals surface area contributed by atoms with E-state index in [0.29, 0.717) is 31.4 Å². The lowest BCUT2D eigenvalue weighted by molar-refractivity contribution is -0.0230. The van der Waals surface area contributed by atoms with Gasteiger partial charge in [0, 0.05) is 6.54 Å². The van der Waals surface area contributed by atoms with Crippen molar-refractivity contribution in [3.05, 3.63) is 47.3 Å². The van der Waals surface area contributed by atoms with E-state index in [1.165, 1.54) is 0 Å². The minimum absolute atomic E-state index is 0.0492. The Bertz CT molecular complexity index is 755. The van der Waals surface area contributed by atoms with E-state index in [-0.39, 0.29) is 12.0 Å². The van der Waals surface area contributed by atoms with E-state index in [1.807, 2.05) is 46.8 Å². The summed E-state index contributed by atoms with van der Waals surface area (Å²) in [5.41, 5.74) is 2.43. The van der Waals surface area contributed by atoms with Gasteiger partial charge in [-0.1, -0.05) is 35.5 Å². The first-order chi connectivity index (χ1) is 12.7. The third-order valence-corrected chi connectivity index (χ3v) is 5.31. The second kappa shape index (κ2) is 7.55. The lowest BCUT2D eigenvalue weighted by Gasteiger charge is -2.33. The standard InChI is InChI=1S/C19H25N5O2/c1-14-18(21-22-24(14)16-7-9-20-10-8-16)19(25)23-11-12-26-17(13-23)15-5-3-2-4-6-15/h2-6,16-17,20H,7-13H2,1H3. The van der Waals surface area contributed by atoms with E-state index in [1.54, 1.807) is 0 Å². The number of carbonyl (C=O) groups excluding carboxylic acids is 1. The summed E-state index contributed by atoms with van der Waals surface area (Å²) in [4.78, 5) is 14.9. The van der Waals surface area contributed by atoms with Gasteiger partial charge in [0.05, 0.1) is 24.9 Å². The van der Waals surface area contributed by atoms with Crippen molar-refractivity contribution in [3.63, 3.8) is 0 Å². The Morgan fingerprint density at radius 3 is 2.77 bits per heavy atom. The lowest BCUT2D eigenvalue weighted by Crippen LogP contribution is -2.42. The van der Waals surface area contributed by atoms with Crippen molar-refractivity contribution in [1.29, 1.82) is 0 Å². The molecule has 0 saturated carbocycles. The molecule has 4 rings (SSSR count). The van der Waals surface area contributed by atoms with Crippen molar-refractivity contribution in [2.45, 2.75) is 31.9 Å². The molecule has 7 heteroatoms. The third-order valence-electron chi connectivity index (χ3n) is 5.31. The molecule has 0 spiro atoms. The molecule has 0 aliphatic carbocycles. The predicted octanol–water partition coefficient (Wildman–Crippen LogP) is 1.72. The highest BCUT2D eigenvalue weighted by atomic mass is 16.5. The number of benzene rings is 1. The van der Waals surface area contributed by atoms with Gasteiger partial charge in [0.15, 0.2) is 5.69 Å². The normalized spacial score (nSPS) is 21.7. The van der Waals surface area contributed by atoms with Crippen LogP contribution < -0.4 is 5.32 Å². The van der Waals surface area contributed by atoms with Gasteiger partial charge in [-0.15, -0.1) is 5.10 Å². The minimum Gasteiger partial charge on any atom is -0.370 e. The maximum atomic E-state index is 13.0. The monoisotopic (exact) mass is 355 g/mol. The summed E-state index contributed by atoms with van der Waals surface area (Å²) in [6, 6.07) is 10.4. The van der Waals surface area contributed by atoms with Gasteiger partial charge in [-0.05, 0) is 38.4 Å². The van der Waals surface area contributed by atoms with E-state index in [2.05, 4.69) is 15.6 Å². The van der Waals surface area contributed by atoms with E-state index >= 15 is 0 Å². The zero-order valence-electron chi connectivity index (χ0n) is 15.1. The summed E-state index contributed by atoms with van der Waals surface area (Å²) in [6.07, 6.45) is 1.95. The average Bonchev–Trinajstić information content (AvgIpc) is 3.10. The van der Waals surface area contributed by atoms with Crippen molar-refractivity contribution in [1.82, 2.24) is 25.2 Å². The first-order valence-corrected chi connectivity index (χ1v) is 9.32. The molecule has 0 radical (unpaired) electrons. The number of amides is 1. The van der Waals surface area contributed by atoms with Crippen LogP contribution in [0.1, 0.15) is 46.7 Å². The summed E-state index contributed by atoms with van der Waals surface area (Å²) in [6.45, 7) is 5.58. The van der Waals surface area contributed by atoms with Crippen molar-refractivity contribution >= 4 is 5.91 Å². The highest BCUT2D eigenvalue weighted by Gasteiger charge is 2.30. The smallest absolute Gasteiger partial charge is 0.276 e. The molecule has 0 bridgehead atoms. The van der Waals surface area contributed by atoms with Gasteiger partial charge in [0.25, 0.3) is 5.91 Å².